The molecule has 0 aliphatic carbocycles. The summed E-state index contributed by atoms with van der Waals surface area (Å²) in [5.74, 6) is -0.0637. The summed E-state index contributed by atoms with van der Waals surface area (Å²) in [7, 11) is 1.95. The van der Waals surface area contributed by atoms with E-state index in [1.165, 1.54) is 6.92 Å². The minimum atomic E-state index is -0.0637. The molecular formula is C13H17N3O. The van der Waals surface area contributed by atoms with Crippen molar-refractivity contribution in [1.82, 2.24) is 4.90 Å². The van der Waals surface area contributed by atoms with E-state index in [1.54, 1.807) is 6.20 Å². The van der Waals surface area contributed by atoms with Crippen LogP contribution in [0.15, 0.2) is 41.7 Å². The zero-order valence-corrected chi connectivity index (χ0v) is 10.2. The number of carbonyl (C=O) groups is 1. The number of benzene rings is 1. The molecule has 90 valence electrons. The Morgan fingerprint density at radius 1 is 1.59 bits per heavy atom. The van der Waals surface area contributed by atoms with E-state index in [0.29, 0.717) is 0 Å². The molecule has 4 heteroatoms. The van der Waals surface area contributed by atoms with E-state index in [4.69, 9.17) is 0 Å². The van der Waals surface area contributed by atoms with Crippen molar-refractivity contribution in [3.63, 3.8) is 0 Å². The number of carbonyl (C=O) groups excluding carboxylic acids is 1. The van der Waals surface area contributed by atoms with Crippen LogP contribution in [0.4, 0.5) is 5.69 Å². The van der Waals surface area contributed by atoms with E-state index in [0.717, 1.165) is 17.8 Å². The molecule has 0 saturated carbocycles. The van der Waals surface area contributed by atoms with Crippen LogP contribution in [0.5, 0.6) is 0 Å². The first-order chi connectivity index (χ1) is 8.11. The number of nitrogens with one attached hydrogen (secondary N) is 1. The van der Waals surface area contributed by atoms with Gasteiger partial charge in [0.25, 0.3) is 0 Å². The maximum atomic E-state index is 10.9. The molecule has 0 unspecified atom stereocenters. The molecule has 0 radical (unpaired) electrons. The van der Waals surface area contributed by atoms with E-state index in [-0.39, 0.29) is 5.91 Å². The number of nitrogens with zero attached hydrogens (tertiary/aromatic N) is 2. The molecule has 0 atom stereocenters. The molecule has 0 saturated heterocycles. The fourth-order valence-corrected chi connectivity index (χ4v) is 1.45. The van der Waals surface area contributed by atoms with E-state index >= 15 is 0 Å². The topological polar surface area (TPSA) is 44.7 Å². The van der Waals surface area contributed by atoms with Crippen molar-refractivity contribution < 1.29 is 4.79 Å². The zero-order valence-electron chi connectivity index (χ0n) is 10.2. The molecule has 0 aliphatic rings. The summed E-state index contributed by atoms with van der Waals surface area (Å²) in [6, 6.07) is 7.75. The summed E-state index contributed by atoms with van der Waals surface area (Å²) < 4.78 is 0. The Balaban J connectivity index is 2.68. The molecular weight excluding hydrogens is 214 g/mol. The minimum absolute atomic E-state index is 0.0637. The van der Waals surface area contributed by atoms with E-state index < -0.39 is 0 Å². The summed E-state index contributed by atoms with van der Waals surface area (Å²) >= 11 is 0. The molecule has 1 rings (SSSR count). The van der Waals surface area contributed by atoms with Gasteiger partial charge in [-0.1, -0.05) is 12.1 Å². The van der Waals surface area contributed by atoms with Gasteiger partial charge in [0.1, 0.15) is 0 Å². The van der Waals surface area contributed by atoms with Crippen molar-refractivity contribution >= 4 is 18.3 Å². The Morgan fingerprint density at radius 2 is 2.35 bits per heavy atom. The normalized spacial score (nSPS) is 10.2. The van der Waals surface area contributed by atoms with Gasteiger partial charge in [-0.15, -0.1) is 0 Å². The molecule has 0 heterocycles. The predicted molar refractivity (Wildman–Crippen MR) is 70.9 cm³/mol. The highest BCUT2D eigenvalue weighted by molar-refractivity contribution is 5.88. The van der Waals surface area contributed by atoms with Crippen LogP contribution >= 0.6 is 0 Å². The smallest absolute Gasteiger partial charge is 0.221 e. The number of hydrogen-bond donors (Lipinski definition) is 1. The summed E-state index contributed by atoms with van der Waals surface area (Å²) in [5.41, 5.74) is 1.93. The lowest BCUT2D eigenvalue weighted by Gasteiger charge is -2.14. The number of rotatable bonds is 5. The first kappa shape index (κ1) is 13.0. The fraction of sp³-hybridized carbons (Fsp3) is 0.231. The van der Waals surface area contributed by atoms with Gasteiger partial charge in [-0.3, -0.25) is 9.79 Å². The maximum Gasteiger partial charge on any atom is 0.221 e. The monoisotopic (exact) mass is 231 g/mol. The van der Waals surface area contributed by atoms with Crippen LogP contribution < -0.4 is 5.32 Å². The van der Waals surface area contributed by atoms with Crippen LogP contribution in [0.25, 0.3) is 0 Å². The van der Waals surface area contributed by atoms with Crippen LogP contribution in [0.3, 0.4) is 0 Å². The summed E-state index contributed by atoms with van der Waals surface area (Å²) in [5, 5.41) is 2.76. The average molecular weight is 231 g/mol. The van der Waals surface area contributed by atoms with Crippen molar-refractivity contribution in [2.75, 3.05) is 12.4 Å². The third-order valence-electron chi connectivity index (χ3n) is 2.11. The van der Waals surface area contributed by atoms with Crippen molar-refractivity contribution in [3.05, 3.63) is 42.2 Å². The molecule has 17 heavy (non-hydrogen) atoms. The quantitative estimate of drug-likeness (QED) is 0.790. The maximum absolute atomic E-state index is 10.9. The van der Waals surface area contributed by atoms with Gasteiger partial charge in [0, 0.05) is 38.6 Å². The second kappa shape index (κ2) is 6.48. The standard InChI is InChI=1S/C13H17N3O/c1-11(17)15-13-6-4-5-12(9-13)10-16(3)8-7-14-2/h4-9H,2,10H2,1,3H3,(H,15,17)/b8-7-. The minimum Gasteiger partial charge on any atom is -0.375 e. The predicted octanol–water partition coefficient (Wildman–Crippen LogP) is 2.25. The van der Waals surface area contributed by atoms with E-state index in [1.807, 2.05) is 42.4 Å². The Bertz CT molecular complexity index is 426. The molecule has 1 aromatic carbocycles. The van der Waals surface area contributed by atoms with E-state index in [9.17, 15) is 4.79 Å². The number of hydrogen-bond acceptors (Lipinski definition) is 3. The van der Waals surface area contributed by atoms with Crippen LogP contribution in [0.1, 0.15) is 12.5 Å². The van der Waals surface area contributed by atoms with Crippen molar-refractivity contribution in [3.8, 4) is 0 Å². The Kier molecular flexibility index (Phi) is 4.94. The molecule has 0 bridgehead atoms. The highest BCUT2D eigenvalue weighted by atomic mass is 16.1. The van der Waals surface area contributed by atoms with Crippen LogP contribution in [-0.4, -0.2) is 24.6 Å². The largest absolute Gasteiger partial charge is 0.375 e. The Morgan fingerprint density at radius 3 is 3.00 bits per heavy atom. The van der Waals surface area contributed by atoms with Gasteiger partial charge in [0.15, 0.2) is 0 Å². The average Bonchev–Trinajstić information content (AvgIpc) is 2.26. The van der Waals surface area contributed by atoms with Crippen molar-refractivity contribution in [2.45, 2.75) is 13.5 Å². The zero-order chi connectivity index (χ0) is 12.7. The first-order valence-corrected chi connectivity index (χ1v) is 5.31. The van der Waals surface area contributed by atoms with Gasteiger partial charge in [-0.25, -0.2) is 0 Å². The van der Waals surface area contributed by atoms with Gasteiger partial charge < -0.3 is 10.2 Å². The lowest BCUT2D eigenvalue weighted by Crippen LogP contribution is -2.11. The van der Waals surface area contributed by atoms with Gasteiger partial charge >= 0.3 is 0 Å². The van der Waals surface area contributed by atoms with Crippen LogP contribution in [-0.2, 0) is 11.3 Å². The third-order valence-corrected chi connectivity index (χ3v) is 2.11. The second-order valence-corrected chi connectivity index (χ2v) is 3.78. The molecule has 0 aliphatic heterocycles. The second-order valence-electron chi connectivity index (χ2n) is 3.78. The van der Waals surface area contributed by atoms with E-state index in [2.05, 4.69) is 17.0 Å². The molecule has 1 amide bonds. The van der Waals surface area contributed by atoms with Crippen molar-refractivity contribution in [2.24, 2.45) is 4.99 Å². The van der Waals surface area contributed by atoms with Gasteiger partial charge in [0.2, 0.25) is 5.91 Å². The van der Waals surface area contributed by atoms with Gasteiger partial charge in [-0.2, -0.15) is 0 Å². The first-order valence-electron chi connectivity index (χ1n) is 5.31. The lowest BCUT2D eigenvalue weighted by molar-refractivity contribution is -0.114. The summed E-state index contributed by atoms with van der Waals surface area (Å²) in [6.45, 7) is 5.62. The molecule has 0 spiro atoms. The Labute approximate surface area is 102 Å². The number of anilines is 1. The van der Waals surface area contributed by atoms with Crippen LogP contribution in [0.2, 0.25) is 0 Å². The highest BCUT2D eigenvalue weighted by Crippen LogP contribution is 2.12. The lowest BCUT2D eigenvalue weighted by atomic mass is 10.2. The third kappa shape index (κ3) is 4.97. The number of amides is 1. The highest BCUT2D eigenvalue weighted by Gasteiger charge is 1.99. The summed E-state index contributed by atoms with van der Waals surface area (Å²) in [4.78, 5) is 16.6. The SMILES string of the molecule is C=N/C=C\N(C)Cc1cccc(NC(C)=O)c1. The molecule has 1 N–H and O–H groups in total. The molecule has 0 aromatic heterocycles. The Hall–Kier alpha value is -2.10. The molecule has 1 aromatic rings. The number of aliphatic imine (C=N–C) groups is 1. The fourth-order valence-electron chi connectivity index (χ4n) is 1.45. The molecule has 0 fully saturated rings. The van der Waals surface area contributed by atoms with Gasteiger partial charge in [-0.05, 0) is 24.4 Å². The summed E-state index contributed by atoms with van der Waals surface area (Å²) in [6.07, 6.45) is 3.48. The molecule has 4 nitrogen and oxygen atoms in total. The van der Waals surface area contributed by atoms with Crippen molar-refractivity contribution in [1.29, 1.82) is 0 Å². The van der Waals surface area contributed by atoms with Gasteiger partial charge in [0.05, 0.1) is 0 Å². The van der Waals surface area contributed by atoms with Crippen LogP contribution in [0, 0.1) is 0 Å².